The van der Waals surface area contributed by atoms with Gasteiger partial charge in [-0.05, 0) is 42.0 Å². The molecule has 0 aliphatic heterocycles. The third-order valence-electron chi connectivity index (χ3n) is 9.10. The number of rotatable bonds is 9. The second-order valence-corrected chi connectivity index (χ2v) is 14.3. The predicted octanol–water partition coefficient (Wildman–Crippen LogP) is 9.56. The fourth-order valence-electron chi connectivity index (χ4n) is 5.94. The summed E-state index contributed by atoms with van der Waals surface area (Å²) >= 11 is 12.1. The highest BCUT2D eigenvalue weighted by molar-refractivity contribution is 6.32. The number of hydrogen-bond acceptors (Lipinski definition) is 8. The SMILES string of the molecule is Cn1c(C(F)(F)F)cc(=O)n(-c2cc(Oc3ccccc3O)c(Cl)cc2F)c1=O.Cn1c(C(F)(F)F)cc(=O)n(-c2cc(Oc3ccccc3OCc3ccccc3)c(Cl)cc2F)c1=O. The number of alkyl halides is 6. The quantitative estimate of drug-likeness (QED) is 0.142. The van der Waals surface area contributed by atoms with E-state index < -0.39 is 69.2 Å². The summed E-state index contributed by atoms with van der Waals surface area (Å²) in [6.45, 7) is 0.223. The number of aromatic nitrogens is 4. The van der Waals surface area contributed by atoms with Crippen LogP contribution in [-0.2, 0) is 33.1 Å². The van der Waals surface area contributed by atoms with Crippen LogP contribution in [0.3, 0.4) is 0 Å². The molecule has 22 heteroatoms. The van der Waals surface area contributed by atoms with Crippen LogP contribution in [0.1, 0.15) is 17.0 Å². The molecule has 0 radical (unpaired) electrons. The predicted molar refractivity (Wildman–Crippen MR) is 220 cm³/mol. The van der Waals surface area contributed by atoms with Crippen LogP contribution >= 0.6 is 23.2 Å². The molecule has 5 aromatic carbocycles. The van der Waals surface area contributed by atoms with Crippen molar-refractivity contribution in [3.8, 4) is 45.9 Å². The van der Waals surface area contributed by atoms with E-state index in [0.717, 1.165) is 43.9 Å². The lowest BCUT2D eigenvalue weighted by molar-refractivity contribution is -0.144. The number of para-hydroxylation sites is 4. The van der Waals surface area contributed by atoms with Gasteiger partial charge >= 0.3 is 23.7 Å². The molecule has 12 nitrogen and oxygen atoms in total. The molecule has 0 spiro atoms. The number of phenolic OH excluding ortho intramolecular Hbond substituents is 1. The molecule has 0 amide bonds. The molecule has 7 rings (SSSR count). The van der Waals surface area contributed by atoms with E-state index in [9.17, 15) is 59.4 Å². The van der Waals surface area contributed by atoms with Gasteiger partial charge in [-0.15, -0.1) is 0 Å². The van der Waals surface area contributed by atoms with Gasteiger partial charge in [0.25, 0.3) is 11.1 Å². The Bertz CT molecular complexity index is 3170. The maximum absolute atomic E-state index is 14.8. The lowest BCUT2D eigenvalue weighted by Crippen LogP contribution is -2.41. The number of phenols is 1. The summed E-state index contributed by atoms with van der Waals surface area (Å²) < 4.78 is 126. The third-order valence-corrected chi connectivity index (χ3v) is 9.69. The highest BCUT2D eigenvalue weighted by atomic mass is 35.5. The minimum atomic E-state index is -4.96. The third kappa shape index (κ3) is 10.4. The lowest BCUT2D eigenvalue weighted by Gasteiger charge is -2.16. The molecule has 0 aliphatic rings. The van der Waals surface area contributed by atoms with Crippen LogP contribution in [0.4, 0.5) is 35.1 Å². The van der Waals surface area contributed by atoms with E-state index in [2.05, 4.69) is 0 Å². The van der Waals surface area contributed by atoms with Crippen molar-refractivity contribution in [1.82, 2.24) is 18.3 Å². The molecule has 0 fully saturated rings. The molecule has 0 atom stereocenters. The van der Waals surface area contributed by atoms with Crippen LogP contribution in [0.2, 0.25) is 10.0 Å². The van der Waals surface area contributed by atoms with Gasteiger partial charge in [0.2, 0.25) is 0 Å². The maximum atomic E-state index is 14.8. The topological polar surface area (TPSA) is 136 Å². The minimum absolute atomic E-state index is 0.0559. The van der Waals surface area contributed by atoms with Crippen LogP contribution in [0.25, 0.3) is 11.4 Å². The summed E-state index contributed by atoms with van der Waals surface area (Å²) in [5.74, 6) is -2.45. The molecule has 0 saturated carbocycles. The smallest absolute Gasteiger partial charge is 0.431 e. The summed E-state index contributed by atoms with van der Waals surface area (Å²) in [5, 5.41) is 9.32. The fraction of sp³-hybridized carbons (Fsp3) is 0.116. The van der Waals surface area contributed by atoms with Crippen LogP contribution in [0, 0.1) is 11.6 Å². The summed E-state index contributed by atoms with van der Waals surface area (Å²) in [7, 11) is 1.63. The zero-order chi connectivity index (χ0) is 47.5. The average Bonchev–Trinajstić information content (AvgIpc) is 3.24. The largest absolute Gasteiger partial charge is 0.504 e. The molecule has 2 aromatic heterocycles. The van der Waals surface area contributed by atoms with E-state index in [1.54, 1.807) is 24.3 Å². The summed E-state index contributed by atoms with van der Waals surface area (Å²) in [6, 6.07) is 25.3. The van der Waals surface area contributed by atoms with Crippen LogP contribution < -0.4 is 36.7 Å². The molecule has 0 aliphatic carbocycles. The molecule has 0 saturated heterocycles. The van der Waals surface area contributed by atoms with Crippen LogP contribution in [0.5, 0.6) is 34.5 Å². The first-order valence-corrected chi connectivity index (χ1v) is 19.0. The summed E-state index contributed by atoms with van der Waals surface area (Å²) in [5.41, 5.74) is -8.93. The van der Waals surface area contributed by atoms with Crippen molar-refractivity contribution in [3.05, 3.63) is 196 Å². The minimum Gasteiger partial charge on any atom is -0.504 e. The van der Waals surface area contributed by atoms with Crippen molar-refractivity contribution < 1.29 is 54.4 Å². The Morgan fingerprint density at radius 1 is 0.538 bits per heavy atom. The molecular formula is C43H28Cl2F8N4O8. The molecule has 65 heavy (non-hydrogen) atoms. The van der Waals surface area contributed by atoms with E-state index in [1.807, 2.05) is 30.3 Å². The second kappa shape index (κ2) is 18.8. The number of hydrogen-bond donors (Lipinski definition) is 1. The van der Waals surface area contributed by atoms with E-state index in [-0.39, 0.29) is 75.8 Å². The maximum Gasteiger partial charge on any atom is 0.431 e. The van der Waals surface area contributed by atoms with Gasteiger partial charge in [-0.3, -0.25) is 18.7 Å². The number of nitrogens with zero attached hydrogens (tertiary/aromatic N) is 4. The fourth-order valence-corrected chi connectivity index (χ4v) is 6.32. The van der Waals surface area contributed by atoms with Gasteiger partial charge in [0.05, 0.1) is 21.4 Å². The van der Waals surface area contributed by atoms with Crippen molar-refractivity contribution in [2.45, 2.75) is 19.0 Å². The van der Waals surface area contributed by atoms with Crippen molar-refractivity contribution >= 4 is 23.2 Å². The van der Waals surface area contributed by atoms with E-state index in [4.69, 9.17) is 37.4 Å². The van der Waals surface area contributed by atoms with Gasteiger partial charge in [0.1, 0.15) is 41.1 Å². The second-order valence-electron chi connectivity index (χ2n) is 13.4. The number of aromatic hydroxyl groups is 1. The Hall–Kier alpha value is -7.32. The molecule has 1 N–H and O–H groups in total. The molecule has 7 aromatic rings. The van der Waals surface area contributed by atoms with Gasteiger partial charge in [-0.1, -0.05) is 77.8 Å². The van der Waals surface area contributed by atoms with Crippen molar-refractivity contribution in [1.29, 1.82) is 0 Å². The Morgan fingerprint density at radius 3 is 1.38 bits per heavy atom. The Kier molecular flexibility index (Phi) is 13.6. The van der Waals surface area contributed by atoms with Crippen molar-refractivity contribution in [3.63, 3.8) is 0 Å². The monoisotopic (exact) mass is 950 g/mol. The highest BCUT2D eigenvalue weighted by Gasteiger charge is 2.36. The van der Waals surface area contributed by atoms with Gasteiger partial charge < -0.3 is 19.3 Å². The molecule has 338 valence electrons. The zero-order valence-corrected chi connectivity index (χ0v) is 34.6. The van der Waals surface area contributed by atoms with E-state index in [1.165, 1.54) is 24.3 Å². The van der Waals surface area contributed by atoms with E-state index >= 15 is 0 Å². The molecule has 0 bridgehead atoms. The Morgan fingerprint density at radius 2 is 0.938 bits per heavy atom. The molecule has 0 unspecified atom stereocenters. The van der Waals surface area contributed by atoms with Gasteiger partial charge in [0.15, 0.2) is 23.0 Å². The first kappa shape index (κ1) is 47.2. The summed E-state index contributed by atoms with van der Waals surface area (Å²) in [6.07, 6.45) is -9.91. The van der Waals surface area contributed by atoms with Crippen molar-refractivity contribution in [2.24, 2.45) is 14.1 Å². The number of halogens is 10. The van der Waals surface area contributed by atoms with Crippen molar-refractivity contribution in [2.75, 3.05) is 0 Å². The van der Waals surface area contributed by atoms with Gasteiger partial charge in [-0.25, -0.2) is 27.5 Å². The number of benzene rings is 5. The van der Waals surface area contributed by atoms with Gasteiger partial charge in [-0.2, -0.15) is 26.3 Å². The first-order valence-electron chi connectivity index (χ1n) is 18.3. The first-order chi connectivity index (χ1) is 30.6. The Balaban J connectivity index is 0.000000221. The average molecular weight is 952 g/mol. The lowest BCUT2D eigenvalue weighted by atomic mass is 10.2. The molecule has 2 heterocycles. The Labute approximate surface area is 369 Å². The number of ether oxygens (including phenoxy) is 3. The van der Waals surface area contributed by atoms with Crippen LogP contribution in [0.15, 0.2) is 134 Å². The van der Waals surface area contributed by atoms with Crippen LogP contribution in [-0.4, -0.2) is 23.4 Å². The van der Waals surface area contributed by atoms with Gasteiger partial charge in [0, 0.05) is 38.4 Å². The normalized spacial score (nSPS) is 11.4. The molecular weight excluding hydrogens is 923 g/mol. The summed E-state index contributed by atoms with van der Waals surface area (Å²) in [4.78, 5) is 49.6. The highest BCUT2D eigenvalue weighted by Crippen LogP contribution is 2.39. The van der Waals surface area contributed by atoms with E-state index in [0.29, 0.717) is 5.75 Å². The zero-order valence-electron chi connectivity index (χ0n) is 33.1. The standard InChI is InChI=1S/C25H17ClF4N2O4.C18H11ClF4N2O4/c1-31-22(25(28,29)30)13-23(33)32(24(31)34)18-12-21(16(26)11-17(18)27)36-20-10-6-5-9-19(20)35-14-15-7-3-2-4-8-15;1-24-15(18(21,22)23)8-16(27)25(17(24)28)11-7-14(9(19)6-10(11)20)29-13-5-3-2-4-12(13)26/h2-13H,14H2,1H3;2-8,26H,1H3.